The first kappa shape index (κ1) is 12.6. The van der Waals surface area contributed by atoms with Crippen LogP contribution in [0.1, 0.15) is 31.5 Å². The van der Waals surface area contributed by atoms with Crippen molar-refractivity contribution in [1.82, 2.24) is 19.7 Å². The Balaban J connectivity index is 2.29. The number of hydrogen-bond donors (Lipinski definition) is 1. The Morgan fingerprint density at radius 2 is 2.28 bits per heavy atom. The summed E-state index contributed by atoms with van der Waals surface area (Å²) in [4.78, 5) is 19.7. The minimum absolute atomic E-state index is 0.00958. The van der Waals surface area contributed by atoms with Gasteiger partial charge >= 0.3 is 0 Å². The van der Waals surface area contributed by atoms with E-state index in [1.54, 1.807) is 0 Å². The van der Waals surface area contributed by atoms with E-state index in [2.05, 4.69) is 15.1 Å². The first-order valence-electron chi connectivity index (χ1n) is 5.32. The minimum atomic E-state index is -0.431. The normalized spacial score (nSPS) is 11.1. The van der Waals surface area contributed by atoms with Gasteiger partial charge in [-0.1, -0.05) is 30.6 Å². The maximum atomic E-state index is 11.8. The average Bonchev–Trinajstić information content (AvgIpc) is 2.79. The van der Waals surface area contributed by atoms with Crippen molar-refractivity contribution in [2.75, 3.05) is 5.73 Å². The van der Waals surface area contributed by atoms with E-state index in [1.807, 2.05) is 13.8 Å². The van der Waals surface area contributed by atoms with Gasteiger partial charge in [-0.15, -0.1) is 0 Å². The lowest BCUT2D eigenvalue weighted by Gasteiger charge is -2.03. The predicted molar refractivity (Wildman–Crippen MR) is 65.4 cm³/mol. The number of halogens is 1. The lowest BCUT2D eigenvalue weighted by atomic mass is 10.2. The lowest BCUT2D eigenvalue weighted by Crippen LogP contribution is -2.24. The molecule has 2 aromatic rings. The first-order chi connectivity index (χ1) is 8.49. The summed E-state index contributed by atoms with van der Waals surface area (Å²) in [7, 11) is 0. The number of hydrogen-bond acceptors (Lipinski definition) is 6. The molecule has 0 saturated heterocycles. The van der Waals surface area contributed by atoms with Crippen molar-refractivity contribution in [3.05, 3.63) is 33.5 Å². The second-order valence-corrected chi connectivity index (χ2v) is 4.44. The molecule has 0 radical (unpaired) electrons. The molecule has 0 aliphatic heterocycles. The highest BCUT2D eigenvalue weighted by Gasteiger charge is 2.12. The molecule has 0 aliphatic rings. The maximum Gasteiger partial charge on any atom is 0.278 e. The zero-order chi connectivity index (χ0) is 13.3. The van der Waals surface area contributed by atoms with Gasteiger partial charge in [-0.3, -0.25) is 9.36 Å². The third-order valence-electron chi connectivity index (χ3n) is 2.33. The second-order valence-electron chi connectivity index (χ2n) is 4.08. The minimum Gasteiger partial charge on any atom is -0.392 e. The van der Waals surface area contributed by atoms with Gasteiger partial charge in [0.05, 0.1) is 6.33 Å². The molecule has 0 aromatic carbocycles. The van der Waals surface area contributed by atoms with Crippen LogP contribution < -0.4 is 11.3 Å². The summed E-state index contributed by atoms with van der Waals surface area (Å²) in [5.74, 6) is 1.07. The molecule has 2 N–H and O–H groups in total. The smallest absolute Gasteiger partial charge is 0.278 e. The van der Waals surface area contributed by atoms with E-state index < -0.39 is 5.56 Å². The molecule has 0 amide bonds. The Hall–Kier alpha value is -1.89. The van der Waals surface area contributed by atoms with Gasteiger partial charge in [0, 0.05) is 5.92 Å². The number of nitrogen functional groups attached to an aromatic ring is 1. The van der Waals surface area contributed by atoms with Crippen LogP contribution in [0.2, 0.25) is 5.15 Å². The highest BCUT2D eigenvalue weighted by atomic mass is 35.5. The summed E-state index contributed by atoms with van der Waals surface area (Å²) in [6.07, 6.45) is 1.29. The highest BCUT2D eigenvalue weighted by Crippen LogP contribution is 2.11. The van der Waals surface area contributed by atoms with Gasteiger partial charge in [-0.05, 0) is 0 Å². The van der Waals surface area contributed by atoms with Gasteiger partial charge in [0.1, 0.15) is 12.2 Å². The fourth-order valence-corrected chi connectivity index (χ4v) is 1.43. The predicted octanol–water partition coefficient (Wildman–Crippen LogP) is 1.03. The van der Waals surface area contributed by atoms with Crippen LogP contribution in [-0.4, -0.2) is 19.7 Å². The lowest BCUT2D eigenvalue weighted by molar-refractivity contribution is 0.363. The molecule has 18 heavy (non-hydrogen) atoms. The van der Waals surface area contributed by atoms with Crippen molar-refractivity contribution in [2.45, 2.75) is 26.3 Å². The van der Waals surface area contributed by atoms with E-state index in [0.29, 0.717) is 11.7 Å². The molecule has 0 fully saturated rings. The number of rotatable bonds is 3. The highest BCUT2D eigenvalue weighted by molar-refractivity contribution is 6.31. The molecule has 0 spiro atoms. The van der Waals surface area contributed by atoms with Crippen LogP contribution in [0, 0.1) is 0 Å². The van der Waals surface area contributed by atoms with Crippen LogP contribution in [0.5, 0.6) is 0 Å². The number of aromatic nitrogens is 4. The fourth-order valence-electron chi connectivity index (χ4n) is 1.31. The van der Waals surface area contributed by atoms with Crippen molar-refractivity contribution in [3.8, 4) is 0 Å². The van der Waals surface area contributed by atoms with Crippen molar-refractivity contribution in [2.24, 2.45) is 0 Å². The summed E-state index contributed by atoms with van der Waals surface area (Å²) < 4.78 is 6.30. The summed E-state index contributed by atoms with van der Waals surface area (Å²) >= 11 is 5.63. The van der Waals surface area contributed by atoms with Gasteiger partial charge < -0.3 is 10.3 Å². The van der Waals surface area contributed by atoms with Crippen LogP contribution in [0.25, 0.3) is 0 Å². The van der Waals surface area contributed by atoms with Crippen LogP contribution in [0.3, 0.4) is 0 Å². The Morgan fingerprint density at radius 3 is 2.89 bits per heavy atom. The molecule has 0 atom stereocenters. The maximum absolute atomic E-state index is 11.8. The van der Waals surface area contributed by atoms with Crippen LogP contribution in [0.4, 0.5) is 5.69 Å². The zero-order valence-corrected chi connectivity index (χ0v) is 10.7. The van der Waals surface area contributed by atoms with Crippen molar-refractivity contribution >= 4 is 17.3 Å². The van der Waals surface area contributed by atoms with Crippen LogP contribution in [0.15, 0.2) is 15.6 Å². The van der Waals surface area contributed by atoms with Crippen LogP contribution in [-0.2, 0) is 6.54 Å². The molecule has 0 saturated carbocycles. The zero-order valence-electron chi connectivity index (χ0n) is 9.92. The number of anilines is 1. The molecular weight excluding hydrogens is 258 g/mol. The standard InChI is InChI=1S/C10H12ClN5O2/c1-5(2)9-14-6(18-15-9)3-16-4-13-8(11)7(12)10(16)17/h4-5H,3,12H2,1-2H3. The largest absolute Gasteiger partial charge is 0.392 e. The topological polar surface area (TPSA) is 99.8 Å². The monoisotopic (exact) mass is 269 g/mol. The van der Waals surface area contributed by atoms with E-state index >= 15 is 0 Å². The average molecular weight is 270 g/mol. The quantitative estimate of drug-likeness (QED) is 0.836. The molecule has 2 rings (SSSR count). The van der Waals surface area contributed by atoms with E-state index in [4.69, 9.17) is 21.9 Å². The number of nitrogens with zero attached hydrogens (tertiary/aromatic N) is 4. The van der Waals surface area contributed by atoms with Gasteiger partial charge in [-0.2, -0.15) is 4.98 Å². The van der Waals surface area contributed by atoms with Crippen LogP contribution >= 0.6 is 11.6 Å². The SMILES string of the molecule is CC(C)c1noc(Cn2cnc(Cl)c(N)c2=O)n1. The third-order valence-corrected chi connectivity index (χ3v) is 2.63. The molecule has 2 heterocycles. The Kier molecular flexibility index (Phi) is 3.33. The van der Waals surface area contributed by atoms with E-state index in [1.165, 1.54) is 10.9 Å². The summed E-state index contributed by atoms with van der Waals surface area (Å²) in [5.41, 5.74) is 4.97. The Labute approximate surface area is 108 Å². The summed E-state index contributed by atoms with van der Waals surface area (Å²) in [6, 6.07) is 0. The second kappa shape index (κ2) is 4.77. The molecule has 0 aliphatic carbocycles. The number of nitrogens with two attached hydrogens (primary N) is 1. The van der Waals surface area contributed by atoms with Crippen molar-refractivity contribution < 1.29 is 4.52 Å². The molecule has 0 bridgehead atoms. The summed E-state index contributed by atoms with van der Waals surface area (Å²) in [6.45, 7) is 4.01. The first-order valence-corrected chi connectivity index (χ1v) is 5.69. The molecule has 7 nitrogen and oxygen atoms in total. The molecule has 96 valence electrons. The Morgan fingerprint density at radius 1 is 1.56 bits per heavy atom. The van der Waals surface area contributed by atoms with Gasteiger partial charge in [0.15, 0.2) is 11.0 Å². The van der Waals surface area contributed by atoms with E-state index in [0.717, 1.165) is 0 Å². The third kappa shape index (κ3) is 2.35. The summed E-state index contributed by atoms with van der Waals surface area (Å²) in [5, 5.41) is 3.79. The van der Waals surface area contributed by atoms with Gasteiger partial charge in [0.2, 0.25) is 5.89 Å². The van der Waals surface area contributed by atoms with Crippen molar-refractivity contribution in [1.29, 1.82) is 0 Å². The van der Waals surface area contributed by atoms with Crippen molar-refractivity contribution in [3.63, 3.8) is 0 Å². The van der Waals surface area contributed by atoms with E-state index in [-0.39, 0.29) is 23.3 Å². The molecule has 0 unspecified atom stereocenters. The fraction of sp³-hybridized carbons (Fsp3) is 0.400. The Bertz CT molecular complexity index is 619. The molecule has 2 aromatic heterocycles. The van der Waals surface area contributed by atoms with E-state index in [9.17, 15) is 4.79 Å². The molecular formula is C10H12ClN5O2. The van der Waals surface area contributed by atoms with Gasteiger partial charge in [0.25, 0.3) is 5.56 Å². The van der Waals surface area contributed by atoms with Gasteiger partial charge in [-0.25, -0.2) is 4.98 Å². The molecule has 8 heteroatoms.